The quantitative estimate of drug-likeness (QED) is 0.0328. The second kappa shape index (κ2) is 49.0. The van der Waals surface area contributed by atoms with Gasteiger partial charge in [-0.2, -0.15) is 0 Å². The predicted molar refractivity (Wildman–Crippen MR) is 463 cm³/mol. The average Bonchev–Trinajstić information content (AvgIpc) is 1.69. The molecule has 13 nitrogen and oxygen atoms in total. The normalized spacial score (nSPS) is 11.9. The number of hydrogen-bond donors (Lipinski definition) is 3. The highest BCUT2D eigenvalue weighted by atomic mass is 127. The van der Waals surface area contributed by atoms with Crippen molar-refractivity contribution < 1.29 is 71.6 Å². The smallest absolute Gasteiger partial charge is 0.349 e. The third-order valence-corrected chi connectivity index (χ3v) is 18.1. The molecule has 0 aromatic heterocycles. The van der Waals surface area contributed by atoms with E-state index in [1.165, 1.54) is 45.8 Å². The minimum atomic E-state index is -1.35. The molecule has 6 aromatic carbocycles. The lowest BCUT2D eigenvalue weighted by Gasteiger charge is -2.35. The number of ether oxygens (including phenoxy) is 7. The average molecular weight is 2370 g/mol. The van der Waals surface area contributed by atoms with Gasteiger partial charge in [0.2, 0.25) is 0 Å². The number of benzene rings is 6. The predicted octanol–water partition coefficient (Wildman–Crippen LogP) is 25.9. The van der Waals surface area contributed by atoms with Gasteiger partial charge in [-0.25, -0.2) is 18.4 Å². The number of alkyl halides is 3. The molecule has 1 aliphatic rings. The van der Waals surface area contributed by atoms with E-state index in [1.807, 2.05) is 102 Å². The van der Waals surface area contributed by atoms with E-state index < -0.39 is 39.9 Å². The maximum absolute atomic E-state index is 12.5. The summed E-state index contributed by atoms with van der Waals surface area (Å²) in [6.45, 7) is 29.4. The maximum atomic E-state index is 12.5. The summed E-state index contributed by atoms with van der Waals surface area (Å²) in [6.07, 6.45) is 2.74. The van der Waals surface area contributed by atoms with Crippen molar-refractivity contribution in [3.63, 3.8) is 0 Å². The highest BCUT2D eigenvalue weighted by Crippen LogP contribution is 2.37. The summed E-state index contributed by atoms with van der Waals surface area (Å²) in [4.78, 5) is 32.3. The van der Waals surface area contributed by atoms with Gasteiger partial charge < -0.3 is 48.5 Å². The third kappa shape index (κ3) is 46.6. The van der Waals surface area contributed by atoms with Gasteiger partial charge in [-0.3, -0.25) is 4.79 Å². The number of carbonyl (C=O) groups is 3. The van der Waals surface area contributed by atoms with Gasteiger partial charge in [-0.1, -0.05) is 181 Å². The van der Waals surface area contributed by atoms with Crippen molar-refractivity contribution in [2.45, 2.75) is 177 Å². The molecule has 6 aromatic rings. The number of methoxy groups -OCH3 is 3. The number of carbonyl (C=O) groups excluding carboxylic acids is 3. The Morgan fingerprint density at radius 1 is 0.535 bits per heavy atom. The molecule has 0 saturated carbocycles. The molecule has 0 radical (unpaired) electrons. The van der Waals surface area contributed by atoms with E-state index >= 15 is 0 Å². The first-order chi connectivity index (χ1) is 44.0. The van der Waals surface area contributed by atoms with E-state index in [0.29, 0.717) is 19.7 Å². The second-order valence-electron chi connectivity index (χ2n) is 24.3. The molecule has 0 spiro atoms. The highest BCUT2D eigenvalue weighted by molar-refractivity contribution is 14.3. The van der Waals surface area contributed by atoms with Crippen molar-refractivity contribution in [1.29, 1.82) is 0 Å². The first-order valence-electron chi connectivity index (χ1n) is 28.8. The Morgan fingerprint density at radius 3 is 1.13 bits per heavy atom. The van der Waals surface area contributed by atoms with Crippen LogP contribution in [0.2, 0.25) is 0 Å². The largest absolute Gasteiger partial charge is 0.487 e. The number of aldehydes is 1. The number of aliphatic hydroxyl groups excluding tert-OH is 1. The van der Waals surface area contributed by atoms with Crippen LogP contribution in [0, 0.1) is 11.6 Å². The van der Waals surface area contributed by atoms with Crippen LogP contribution in [0.3, 0.4) is 0 Å². The van der Waals surface area contributed by atoms with Crippen LogP contribution in [-0.2, 0) is 30.2 Å². The van der Waals surface area contributed by atoms with Gasteiger partial charge in [0, 0.05) is 41.5 Å². The summed E-state index contributed by atoms with van der Waals surface area (Å²) < 4.78 is 70.2. The lowest BCUT2D eigenvalue weighted by atomic mass is 9.90. The number of esters is 2. The monoisotopic (exact) mass is 2360 g/mol. The zero-order valence-corrected chi connectivity index (χ0v) is 79.5. The van der Waals surface area contributed by atoms with Crippen molar-refractivity contribution >= 4 is 245 Å². The lowest BCUT2D eigenvalue weighted by Crippen LogP contribution is -2.46. The molecule has 1 heterocycles. The molecule has 0 bridgehead atoms. The number of fused-ring (bicyclic) bond motifs is 1. The molecule has 0 unspecified atom stereocenters. The summed E-state index contributed by atoms with van der Waals surface area (Å²) in [5, 5.41) is 27.3. The zero-order valence-electron chi connectivity index (χ0n) is 57.2. The summed E-state index contributed by atoms with van der Waals surface area (Å²) in [5.74, 6) is 1.52. The molecule has 0 aliphatic carbocycles. The van der Waals surface area contributed by atoms with E-state index in [2.05, 4.69) is 264 Å². The van der Waals surface area contributed by atoms with Crippen LogP contribution in [0.5, 0.6) is 23.0 Å². The molecule has 0 saturated heterocycles. The summed E-state index contributed by atoms with van der Waals surface area (Å²) in [7, 11) is 4.17. The van der Waals surface area contributed by atoms with Gasteiger partial charge in [-0.05, 0) is 293 Å². The van der Waals surface area contributed by atoms with E-state index in [4.69, 9.17) is 33.9 Å². The fraction of sp³-hybridized carbons (Fsp3) is 0.451. The Bertz CT molecular complexity index is 3300. The molecule has 28 heteroatoms. The van der Waals surface area contributed by atoms with Gasteiger partial charge in [0.25, 0.3) is 0 Å². The fourth-order valence-corrected chi connectivity index (χ4v) is 9.21. The van der Waals surface area contributed by atoms with Gasteiger partial charge in [0.1, 0.15) is 57.2 Å². The Labute approximate surface area is 712 Å². The minimum Gasteiger partial charge on any atom is -0.487 e. The van der Waals surface area contributed by atoms with E-state index in [1.54, 1.807) is 71.2 Å². The fourth-order valence-electron chi connectivity index (χ4n) is 6.05. The summed E-state index contributed by atoms with van der Waals surface area (Å²) >= 11 is 39.7. The first-order valence-corrected chi connectivity index (χ1v) is 40.0. The highest BCUT2D eigenvalue weighted by Gasteiger charge is 2.35. The van der Waals surface area contributed by atoms with Crippen molar-refractivity contribution in [3.05, 3.63) is 177 Å². The van der Waals surface area contributed by atoms with Crippen LogP contribution in [0.1, 0.15) is 148 Å². The number of rotatable bonds is 13. The maximum Gasteiger partial charge on any atom is 0.349 e. The van der Waals surface area contributed by atoms with Crippen molar-refractivity contribution in [1.82, 2.24) is 0 Å². The molecule has 1 aliphatic heterocycles. The molecule has 99 heavy (non-hydrogen) atoms. The van der Waals surface area contributed by atoms with Crippen LogP contribution in [-0.4, -0.2) is 100 Å². The molecule has 3 N–H and O–H groups in total. The lowest BCUT2D eigenvalue weighted by molar-refractivity contribution is -0.158. The molecule has 0 amide bonds. The van der Waals surface area contributed by atoms with Crippen LogP contribution in [0.15, 0.2) is 154 Å². The SMILES string of the molecule is C.C.CC(C)(CO)Oc1cc(Br)ccc1Br.CC(I)(I)I.CC1(C)Cc2ccc(C=O)cc2O1.CCC(C)(C)Oc1cc(Br)ccc1Br.COC(=O)C(C)(C)O.COC(=O)C(C)(C)Oc1cc(Br)ccc1Br.COC(C)(C)C(C)(C)O.Fc1cc(Br)ccc1Br.Fc1cc(Br)ccc1Br. The Morgan fingerprint density at radius 2 is 0.869 bits per heavy atom. The van der Waals surface area contributed by atoms with Crippen LogP contribution < -0.4 is 18.9 Å². The van der Waals surface area contributed by atoms with Gasteiger partial charge >= 0.3 is 11.9 Å². The molecule has 0 fully saturated rings. The molecule has 7 rings (SSSR count). The molecular formula is C71H93Br10F2I3O13. The topological polar surface area (TPSA) is 177 Å². The van der Waals surface area contributed by atoms with Gasteiger partial charge in [0.05, 0.1) is 54.4 Å². The minimum absolute atomic E-state index is 0. The van der Waals surface area contributed by atoms with Crippen LogP contribution in [0.4, 0.5) is 8.78 Å². The standard InChI is InChI=1S/C11H12Br2O3.C11H14Br2O.C11H12O2.C10H12Br2O2.C7H16O2.2C6H3Br2F.C5H10O3.C2H3I3.2CH4/c1-11(2,10(14)15-3)16-9-6-7(12)4-5-8(9)13;1-4-11(2,3)14-10-7-8(12)5-6-9(10)13;1-11(2)6-9-4-3-8(7-12)5-10(9)13-11;1-10(2,6-13)14-9-5-7(11)3-4-8(9)12;1-6(2,8)7(3,4)9-5;2*7-4-1-2-5(8)6(9)3-4;1-5(2,7)4(6)8-3;1-2(3,4)5;;/h4-6H,1-3H3;5-7H,4H2,1-3H3;3-5,7H,6H2,1-2H3;3-5,13H,6H2,1-2H3;8H,1-5H3;2*1-3H;7H,1-3H3;1H3;2*1H4. The molecular weight excluding hydrogens is 2280 g/mol. The summed E-state index contributed by atoms with van der Waals surface area (Å²) in [6, 6.07) is 32.4. The Kier molecular flexibility index (Phi) is 52.0. The van der Waals surface area contributed by atoms with Crippen LogP contribution >= 0.6 is 227 Å². The van der Waals surface area contributed by atoms with Gasteiger partial charge in [-0.15, -0.1) is 0 Å². The zero-order chi connectivity index (χ0) is 76.1. The number of hydrogen-bond acceptors (Lipinski definition) is 13. The second-order valence-corrected chi connectivity index (χ2v) is 45.8. The first kappa shape index (κ1) is 105. The number of halogens is 15. The molecule has 560 valence electrons. The summed E-state index contributed by atoms with van der Waals surface area (Å²) in [5.41, 5.74) is -2.55. The van der Waals surface area contributed by atoms with E-state index in [-0.39, 0.29) is 44.3 Å². The van der Waals surface area contributed by atoms with Crippen LogP contribution in [0.25, 0.3) is 0 Å². The Hall–Kier alpha value is -0.180. The van der Waals surface area contributed by atoms with E-state index in [0.717, 1.165) is 72.2 Å². The van der Waals surface area contributed by atoms with Crippen molar-refractivity contribution in [3.8, 4) is 23.0 Å². The van der Waals surface area contributed by atoms with E-state index in [9.17, 15) is 28.3 Å². The van der Waals surface area contributed by atoms with Crippen molar-refractivity contribution in [2.24, 2.45) is 0 Å². The number of aliphatic hydroxyl groups is 3. The van der Waals surface area contributed by atoms with Crippen molar-refractivity contribution in [2.75, 3.05) is 27.9 Å². The molecule has 0 atom stereocenters. The third-order valence-electron chi connectivity index (χ3n) is 12.4. The Balaban J connectivity index is -0.000000519. The van der Waals surface area contributed by atoms with Gasteiger partial charge in [0.15, 0.2) is 11.2 Å².